The van der Waals surface area contributed by atoms with Crippen LogP contribution in [0.15, 0.2) is 53.0 Å². The molecule has 1 aliphatic rings. The topological polar surface area (TPSA) is 87.7 Å². The molecule has 2 aromatic heterocycles. The molecule has 1 aromatic carbocycles. The number of nitriles is 1. The number of halogens is 1. The van der Waals surface area contributed by atoms with Crippen LogP contribution in [0, 0.1) is 24.1 Å². The number of amides is 1. The average molecular weight is 432 g/mol. The average Bonchev–Trinajstić information content (AvgIpc) is 2.81. The minimum absolute atomic E-state index is 0.0284. The standard InChI is InChI=1S/C24H21FN4O3/c1-16-6-5-13-29-21(16)27-22(32-19-9-7-18(25)8-10-19)20(24(29)31)14-17(15-26)23(30)28-11-3-2-4-12-28/h5-10,13-14H,2-4,11-12H2,1H3. The Morgan fingerprint density at radius 1 is 1.19 bits per heavy atom. The highest BCUT2D eigenvalue weighted by Crippen LogP contribution is 2.25. The van der Waals surface area contributed by atoms with Crippen LogP contribution in [-0.4, -0.2) is 33.3 Å². The summed E-state index contributed by atoms with van der Waals surface area (Å²) in [7, 11) is 0. The van der Waals surface area contributed by atoms with Gasteiger partial charge >= 0.3 is 0 Å². The molecular formula is C24H21FN4O3. The highest BCUT2D eigenvalue weighted by Gasteiger charge is 2.23. The van der Waals surface area contributed by atoms with E-state index in [0.717, 1.165) is 24.8 Å². The number of ether oxygens (including phenoxy) is 1. The van der Waals surface area contributed by atoms with Crippen LogP contribution in [0.5, 0.6) is 11.6 Å². The zero-order valence-electron chi connectivity index (χ0n) is 17.5. The molecule has 1 fully saturated rings. The van der Waals surface area contributed by atoms with Crippen LogP contribution in [0.1, 0.15) is 30.4 Å². The second-order valence-electron chi connectivity index (χ2n) is 7.60. The molecule has 0 atom stereocenters. The van der Waals surface area contributed by atoms with Gasteiger partial charge in [-0.3, -0.25) is 14.0 Å². The third-order valence-corrected chi connectivity index (χ3v) is 5.36. The fraction of sp³-hybridized carbons (Fsp3) is 0.250. The van der Waals surface area contributed by atoms with Crippen molar-refractivity contribution in [1.29, 1.82) is 5.26 Å². The van der Waals surface area contributed by atoms with Crippen LogP contribution >= 0.6 is 0 Å². The van der Waals surface area contributed by atoms with E-state index in [0.29, 0.717) is 18.7 Å². The van der Waals surface area contributed by atoms with Crippen LogP contribution in [0.2, 0.25) is 0 Å². The lowest BCUT2D eigenvalue weighted by molar-refractivity contribution is -0.127. The van der Waals surface area contributed by atoms with Crippen molar-refractivity contribution in [2.75, 3.05) is 13.1 Å². The van der Waals surface area contributed by atoms with Crippen LogP contribution < -0.4 is 10.3 Å². The maximum atomic E-state index is 13.3. The highest BCUT2D eigenvalue weighted by atomic mass is 19.1. The van der Waals surface area contributed by atoms with E-state index in [2.05, 4.69) is 4.98 Å². The molecule has 1 aliphatic heterocycles. The monoisotopic (exact) mass is 432 g/mol. The first-order valence-corrected chi connectivity index (χ1v) is 10.3. The number of benzene rings is 1. The zero-order chi connectivity index (χ0) is 22.7. The van der Waals surface area contributed by atoms with E-state index in [4.69, 9.17) is 4.74 Å². The minimum Gasteiger partial charge on any atom is -0.438 e. The summed E-state index contributed by atoms with van der Waals surface area (Å²) in [5, 5.41) is 9.67. The predicted molar refractivity (Wildman–Crippen MR) is 117 cm³/mol. The van der Waals surface area contributed by atoms with Crippen LogP contribution in [0.3, 0.4) is 0 Å². The molecule has 162 valence electrons. The zero-order valence-corrected chi connectivity index (χ0v) is 17.5. The fourth-order valence-corrected chi connectivity index (χ4v) is 3.66. The summed E-state index contributed by atoms with van der Waals surface area (Å²) in [6.45, 7) is 2.95. The Morgan fingerprint density at radius 3 is 2.59 bits per heavy atom. The van der Waals surface area contributed by atoms with Crippen LogP contribution in [0.4, 0.5) is 4.39 Å². The van der Waals surface area contributed by atoms with Gasteiger partial charge in [-0.25, -0.2) is 4.39 Å². The second-order valence-corrected chi connectivity index (χ2v) is 7.60. The van der Waals surface area contributed by atoms with Crippen molar-refractivity contribution in [3.05, 3.63) is 75.5 Å². The van der Waals surface area contributed by atoms with Gasteiger partial charge in [-0.2, -0.15) is 10.2 Å². The number of piperidine rings is 1. The van der Waals surface area contributed by atoms with Gasteiger partial charge in [0.05, 0.1) is 0 Å². The van der Waals surface area contributed by atoms with Gasteiger partial charge in [0.1, 0.15) is 34.4 Å². The third-order valence-electron chi connectivity index (χ3n) is 5.36. The van der Waals surface area contributed by atoms with Gasteiger partial charge < -0.3 is 9.64 Å². The summed E-state index contributed by atoms with van der Waals surface area (Å²) in [5.74, 6) is -0.644. The Morgan fingerprint density at radius 2 is 1.91 bits per heavy atom. The molecular weight excluding hydrogens is 411 g/mol. The van der Waals surface area contributed by atoms with Gasteiger partial charge in [0.2, 0.25) is 5.88 Å². The Bertz CT molecular complexity index is 1300. The summed E-state index contributed by atoms with van der Waals surface area (Å²) in [4.78, 5) is 32.3. The number of aryl methyl sites for hydroxylation is 1. The van der Waals surface area contributed by atoms with Crippen molar-refractivity contribution in [2.24, 2.45) is 0 Å². The van der Waals surface area contributed by atoms with Crippen LogP contribution in [0.25, 0.3) is 11.7 Å². The summed E-state index contributed by atoms with van der Waals surface area (Å²) >= 11 is 0. The molecule has 0 saturated carbocycles. The molecule has 0 spiro atoms. The number of carbonyl (C=O) groups is 1. The Hall–Kier alpha value is -3.99. The van der Waals surface area contributed by atoms with Crippen molar-refractivity contribution in [1.82, 2.24) is 14.3 Å². The molecule has 4 rings (SSSR count). The van der Waals surface area contributed by atoms with E-state index in [1.165, 1.54) is 34.7 Å². The van der Waals surface area contributed by atoms with Gasteiger partial charge in [-0.15, -0.1) is 0 Å². The molecule has 3 aromatic rings. The second kappa shape index (κ2) is 9.02. The molecule has 7 nitrogen and oxygen atoms in total. The molecule has 0 aliphatic carbocycles. The number of rotatable bonds is 4. The van der Waals surface area contributed by atoms with Gasteiger partial charge in [0, 0.05) is 19.3 Å². The number of fused-ring (bicyclic) bond motifs is 1. The van der Waals surface area contributed by atoms with E-state index in [1.54, 1.807) is 30.2 Å². The molecule has 0 radical (unpaired) electrons. The summed E-state index contributed by atoms with van der Waals surface area (Å²) in [5.41, 5.74) is 0.457. The van der Waals surface area contributed by atoms with E-state index in [-0.39, 0.29) is 22.8 Å². The molecule has 1 saturated heterocycles. The van der Waals surface area contributed by atoms with E-state index in [9.17, 15) is 19.2 Å². The SMILES string of the molecule is Cc1cccn2c(=O)c(C=C(C#N)C(=O)N3CCCCC3)c(Oc3ccc(F)cc3)nc12. The van der Waals surface area contributed by atoms with Crippen LogP contribution in [-0.2, 0) is 4.79 Å². The first kappa shape index (κ1) is 21.2. The van der Waals surface area contributed by atoms with Crippen molar-refractivity contribution in [2.45, 2.75) is 26.2 Å². The van der Waals surface area contributed by atoms with E-state index in [1.807, 2.05) is 6.07 Å². The molecule has 0 bridgehead atoms. The molecule has 3 heterocycles. The maximum Gasteiger partial charge on any atom is 0.269 e. The quantitative estimate of drug-likeness (QED) is 0.462. The number of nitrogens with zero attached hydrogens (tertiary/aromatic N) is 4. The van der Waals surface area contributed by atoms with Gasteiger partial charge in [-0.1, -0.05) is 6.07 Å². The van der Waals surface area contributed by atoms with Crippen molar-refractivity contribution in [3.8, 4) is 17.7 Å². The molecule has 1 amide bonds. The summed E-state index contributed by atoms with van der Waals surface area (Å²) < 4.78 is 20.5. The number of hydrogen-bond donors (Lipinski definition) is 0. The lowest BCUT2D eigenvalue weighted by Crippen LogP contribution is -2.36. The molecule has 0 N–H and O–H groups in total. The minimum atomic E-state index is -0.477. The van der Waals surface area contributed by atoms with Crippen molar-refractivity contribution < 1.29 is 13.9 Å². The Kier molecular flexibility index (Phi) is 5.99. The number of likely N-dealkylation sites (tertiary alicyclic amines) is 1. The normalized spacial score (nSPS) is 14.3. The van der Waals surface area contributed by atoms with E-state index < -0.39 is 17.3 Å². The fourth-order valence-electron chi connectivity index (χ4n) is 3.66. The van der Waals surface area contributed by atoms with Crippen molar-refractivity contribution >= 4 is 17.6 Å². The largest absolute Gasteiger partial charge is 0.438 e. The number of carbonyl (C=O) groups excluding carboxylic acids is 1. The number of aromatic nitrogens is 2. The van der Waals surface area contributed by atoms with E-state index >= 15 is 0 Å². The molecule has 8 heteroatoms. The van der Waals surface area contributed by atoms with Gasteiger partial charge in [-0.05, 0) is 68.2 Å². The third kappa shape index (κ3) is 4.23. The summed E-state index contributed by atoms with van der Waals surface area (Å²) in [6, 6.07) is 10.7. The lowest BCUT2D eigenvalue weighted by atomic mass is 10.1. The number of pyridine rings is 1. The Labute approximate surface area is 184 Å². The summed E-state index contributed by atoms with van der Waals surface area (Å²) in [6.07, 6.45) is 5.60. The van der Waals surface area contributed by atoms with Crippen molar-refractivity contribution in [3.63, 3.8) is 0 Å². The Balaban J connectivity index is 1.85. The first-order chi connectivity index (χ1) is 15.5. The highest BCUT2D eigenvalue weighted by molar-refractivity contribution is 6.02. The maximum absolute atomic E-state index is 13.3. The molecule has 0 unspecified atom stereocenters. The smallest absolute Gasteiger partial charge is 0.269 e. The van der Waals surface area contributed by atoms with Gasteiger partial charge in [0.25, 0.3) is 11.5 Å². The first-order valence-electron chi connectivity index (χ1n) is 10.3. The van der Waals surface area contributed by atoms with Gasteiger partial charge in [0.15, 0.2) is 0 Å². The predicted octanol–water partition coefficient (Wildman–Crippen LogP) is 3.85. The molecule has 32 heavy (non-hydrogen) atoms. The lowest BCUT2D eigenvalue weighted by Gasteiger charge is -2.26. The number of hydrogen-bond acceptors (Lipinski definition) is 5.